The highest BCUT2D eigenvalue weighted by molar-refractivity contribution is 7.11. The molecule has 120 valence electrons. The monoisotopic (exact) mass is 308 g/mol. The van der Waals surface area contributed by atoms with Crippen molar-refractivity contribution in [3.63, 3.8) is 0 Å². The zero-order chi connectivity index (χ0) is 15.2. The highest BCUT2D eigenvalue weighted by Crippen LogP contribution is 2.39. The van der Waals surface area contributed by atoms with E-state index < -0.39 is 0 Å². The Labute approximate surface area is 134 Å². The molecule has 0 spiro atoms. The number of rotatable bonds is 7. The smallest absolute Gasteiger partial charge is 0.0962 e. The van der Waals surface area contributed by atoms with Gasteiger partial charge >= 0.3 is 0 Å². The fourth-order valence-corrected chi connectivity index (χ4v) is 4.54. The predicted octanol–water partition coefficient (Wildman–Crippen LogP) is 5.28. The summed E-state index contributed by atoms with van der Waals surface area (Å²) in [4.78, 5) is 6.53. The molecule has 0 amide bonds. The third-order valence-electron chi connectivity index (χ3n) is 4.66. The fraction of sp³-hybridized carbons (Fsp3) is 0.833. The molecule has 2 unspecified atom stereocenters. The zero-order valence-corrected chi connectivity index (χ0v) is 15.1. The van der Waals surface area contributed by atoms with E-state index in [2.05, 4.69) is 33.0 Å². The summed E-state index contributed by atoms with van der Waals surface area (Å²) in [6.45, 7) is 10.0. The molecular weight excluding hydrogens is 276 g/mol. The molecular formula is C18H32N2S. The second-order valence-corrected chi connectivity index (χ2v) is 7.96. The van der Waals surface area contributed by atoms with Crippen molar-refractivity contribution in [1.29, 1.82) is 0 Å². The summed E-state index contributed by atoms with van der Waals surface area (Å²) in [5, 5.41) is 5.00. The van der Waals surface area contributed by atoms with Crippen LogP contribution in [-0.4, -0.2) is 11.0 Å². The highest BCUT2D eigenvalue weighted by atomic mass is 32.1. The van der Waals surface area contributed by atoms with Crippen molar-refractivity contribution in [2.45, 2.75) is 91.1 Å². The summed E-state index contributed by atoms with van der Waals surface area (Å²) < 4.78 is 0. The van der Waals surface area contributed by atoms with E-state index in [0.29, 0.717) is 6.04 Å². The van der Waals surface area contributed by atoms with Gasteiger partial charge in [0.25, 0.3) is 0 Å². The van der Waals surface area contributed by atoms with Crippen LogP contribution in [0.5, 0.6) is 0 Å². The van der Waals surface area contributed by atoms with Crippen molar-refractivity contribution in [2.75, 3.05) is 0 Å². The Balaban J connectivity index is 2.10. The topological polar surface area (TPSA) is 24.9 Å². The molecule has 0 bridgehead atoms. The molecule has 1 fully saturated rings. The molecule has 1 saturated carbocycles. The minimum Gasteiger partial charge on any atom is -0.310 e. The van der Waals surface area contributed by atoms with E-state index in [1.165, 1.54) is 54.1 Å². The van der Waals surface area contributed by atoms with E-state index in [1.807, 2.05) is 11.3 Å². The molecule has 1 aromatic rings. The van der Waals surface area contributed by atoms with Gasteiger partial charge in [-0.25, -0.2) is 4.98 Å². The number of aryl methyl sites for hydroxylation is 1. The molecule has 2 nitrogen and oxygen atoms in total. The van der Waals surface area contributed by atoms with E-state index in [4.69, 9.17) is 4.98 Å². The lowest BCUT2D eigenvalue weighted by Crippen LogP contribution is -2.21. The minimum atomic E-state index is 0.546. The number of hydrogen-bond acceptors (Lipinski definition) is 3. The molecule has 1 aliphatic carbocycles. The van der Waals surface area contributed by atoms with Gasteiger partial charge in [-0.1, -0.05) is 53.4 Å². The Hall–Kier alpha value is -0.410. The second-order valence-electron chi connectivity index (χ2n) is 6.85. The van der Waals surface area contributed by atoms with Crippen molar-refractivity contribution in [2.24, 2.45) is 5.92 Å². The van der Waals surface area contributed by atoms with E-state index in [9.17, 15) is 0 Å². The van der Waals surface area contributed by atoms with E-state index in [-0.39, 0.29) is 0 Å². The number of nitrogens with zero attached hydrogens (tertiary/aromatic N) is 1. The lowest BCUT2D eigenvalue weighted by atomic mass is 9.80. The fourth-order valence-electron chi connectivity index (χ4n) is 3.33. The van der Waals surface area contributed by atoms with Crippen molar-refractivity contribution in [1.82, 2.24) is 10.3 Å². The number of nitrogens with one attached hydrogen (secondary N) is 1. The van der Waals surface area contributed by atoms with Gasteiger partial charge in [0, 0.05) is 23.4 Å². The Kier molecular flexibility index (Phi) is 6.69. The maximum Gasteiger partial charge on any atom is 0.0962 e. The molecule has 1 heterocycles. The molecule has 0 saturated heterocycles. The van der Waals surface area contributed by atoms with Gasteiger partial charge in [-0.3, -0.25) is 0 Å². The molecule has 0 aliphatic heterocycles. The molecule has 21 heavy (non-hydrogen) atoms. The summed E-state index contributed by atoms with van der Waals surface area (Å²) in [5.74, 6) is 1.66. The summed E-state index contributed by atoms with van der Waals surface area (Å²) in [6, 6.07) is 0.546. The third kappa shape index (κ3) is 4.79. The summed E-state index contributed by atoms with van der Waals surface area (Å²) in [6.07, 6.45) is 9.22. The van der Waals surface area contributed by atoms with Gasteiger partial charge in [0.2, 0.25) is 0 Å². The maximum absolute atomic E-state index is 5.05. The Morgan fingerprint density at radius 1 is 1.29 bits per heavy atom. The normalized spacial score (nSPS) is 22.9. The minimum absolute atomic E-state index is 0.546. The van der Waals surface area contributed by atoms with Crippen LogP contribution < -0.4 is 5.32 Å². The van der Waals surface area contributed by atoms with Crippen LogP contribution in [0.15, 0.2) is 0 Å². The van der Waals surface area contributed by atoms with Crippen molar-refractivity contribution in [3.8, 4) is 0 Å². The SMILES string of the molecule is CCCc1nc(C2CCCC(CC)C2)sc1CNC(C)C. The van der Waals surface area contributed by atoms with Crippen LogP contribution in [0.1, 0.15) is 87.7 Å². The Morgan fingerprint density at radius 3 is 2.76 bits per heavy atom. The standard InChI is InChI=1S/C18H32N2S/c1-5-8-16-17(12-19-13(3)4)21-18(20-16)15-10-7-9-14(6-2)11-15/h13-15,19H,5-12H2,1-4H3. The molecule has 3 heteroatoms. The molecule has 2 atom stereocenters. The van der Waals surface area contributed by atoms with Crippen LogP contribution in [0.3, 0.4) is 0 Å². The largest absolute Gasteiger partial charge is 0.310 e. The van der Waals surface area contributed by atoms with Crippen molar-refractivity contribution < 1.29 is 0 Å². The quantitative estimate of drug-likeness (QED) is 0.741. The van der Waals surface area contributed by atoms with E-state index in [1.54, 1.807) is 0 Å². The van der Waals surface area contributed by atoms with Gasteiger partial charge in [0.1, 0.15) is 0 Å². The zero-order valence-electron chi connectivity index (χ0n) is 14.2. The van der Waals surface area contributed by atoms with Crippen LogP contribution in [0.2, 0.25) is 0 Å². The first-order valence-corrected chi connectivity index (χ1v) is 9.67. The first kappa shape index (κ1) is 17.0. The van der Waals surface area contributed by atoms with E-state index in [0.717, 1.165) is 24.8 Å². The molecule has 1 N–H and O–H groups in total. The number of thiazole rings is 1. The van der Waals surface area contributed by atoms with Crippen LogP contribution in [0.4, 0.5) is 0 Å². The molecule has 1 aliphatic rings. The van der Waals surface area contributed by atoms with Gasteiger partial charge in [0.15, 0.2) is 0 Å². The van der Waals surface area contributed by atoms with E-state index >= 15 is 0 Å². The van der Waals surface area contributed by atoms with Crippen LogP contribution in [-0.2, 0) is 13.0 Å². The summed E-state index contributed by atoms with van der Waals surface area (Å²) in [5.41, 5.74) is 1.37. The van der Waals surface area contributed by atoms with Crippen LogP contribution in [0, 0.1) is 5.92 Å². The van der Waals surface area contributed by atoms with Gasteiger partial charge in [-0.2, -0.15) is 0 Å². The number of aromatic nitrogens is 1. The molecule has 0 aromatic carbocycles. The highest BCUT2D eigenvalue weighted by Gasteiger charge is 2.25. The summed E-state index contributed by atoms with van der Waals surface area (Å²) in [7, 11) is 0. The average Bonchev–Trinajstić information content (AvgIpc) is 2.89. The lowest BCUT2D eigenvalue weighted by Gasteiger charge is -2.26. The summed E-state index contributed by atoms with van der Waals surface area (Å²) >= 11 is 1.99. The van der Waals surface area contributed by atoms with Gasteiger partial charge < -0.3 is 5.32 Å². The van der Waals surface area contributed by atoms with Crippen molar-refractivity contribution in [3.05, 3.63) is 15.6 Å². The third-order valence-corrected chi connectivity index (χ3v) is 5.92. The van der Waals surface area contributed by atoms with Crippen LogP contribution in [0.25, 0.3) is 0 Å². The van der Waals surface area contributed by atoms with Crippen molar-refractivity contribution >= 4 is 11.3 Å². The number of hydrogen-bond donors (Lipinski definition) is 1. The first-order valence-electron chi connectivity index (χ1n) is 8.85. The molecule has 2 rings (SSSR count). The predicted molar refractivity (Wildman–Crippen MR) is 93.1 cm³/mol. The Bertz CT molecular complexity index is 425. The average molecular weight is 309 g/mol. The second kappa shape index (κ2) is 8.28. The first-order chi connectivity index (χ1) is 10.1. The lowest BCUT2D eigenvalue weighted by molar-refractivity contribution is 0.314. The Morgan fingerprint density at radius 2 is 2.10 bits per heavy atom. The van der Waals surface area contributed by atoms with Gasteiger partial charge in [0.05, 0.1) is 10.7 Å². The van der Waals surface area contributed by atoms with Gasteiger partial charge in [-0.15, -0.1) is 11.3 Å². The molecule has 1 aromatic heterocycles. The van der Waals surface area contributed by atoms with Crippen LogP contribution >= 0.6 is 11.3 Å². The van der Waals surface area contributed by atoms with Gasteiger partial charge in [-0.05, 0) is 25.2 Å². The maximum atomic E-state index is 5.05. The molecule has 0 radical (unpaired) electrons.